The SMILES string of the molecule is O=c1cc(-c2ccc(C(F)(F)F)cc2OCC(O)CC2(N[SH](=O)=O)CC2)oc2c(Cl)cccc12. The molecule has 12 heteroatoms. The molecule has 1 aliphatic rings. The number of thiol groups is 1. The number of para-hydroxylation sites is 1. The third-order valence-electron chi connectivity index (χ3n) is 5.52. The van der Waals surface area contributed by atoms with E-state index in [9.17, 15) is 31.5 Å². The predicted molar refractivity (Wildman–Crippen MR) is 119 cm³/mol. The van der Waals surface area contributed by atoms with E-state index >= 15 is 0 Å². The molecular formula is C22H19ClF3NO6S. The summed E-state index contributed by atoms with van der Waals surface area (Å²) in [6.07, 6.45) is -4.73. The normalized spacial score (nSPS) is 16.1. The largest absolute Gasteiger partial charge is 0.490 e. The molecule has 0 spiro atoms. The lowest BCUT2D eigenvalue weighted by Gasteiger charge is -2.20. The van der Waals surface area contributed by atoms with Crippen LogP contribution in [0.2, 0.25) is 5.02 Å². The zero-order chi connectivity index (χ0) is 24.7. The number of alkyl halides is 3. The Morgan fingerprint density at radius 1 is 1.21 bits per heavy atom. The van der Waals surface area contributed by atoms with Crippen LogP contribution >= 0.6 is 11.6 Å². The van der Waals surface area contributed by atoms with Gasteiger partial charge >= 0.3 is 6.18 Å². The maximum absolute atomic E-state index is 13.3. The van der Waals surface area contributed by atoms with Crippen LogP contribution in [0.3, 0.4) is 0 Å². The summed E-state index contributed by atoms with van der Waals surface area (Å²) < 4.78 is 75.5. The number of ether oxygens (including phenoxy) is 1. The molecule has 0 amide bonds. The number of aliphatic hydroxyl groups is 1. The van der Waals surface area contributed by atoms with Gasteiger partial charge in [0.05, 0.1) is 27.6 Å². The summed E-state index contributed by atoms with van der Waals surface area (Å²) in [6, 6.07) is 8.39. The van der Waals surface area contributed by atoms with E-state index in [2.05, 4.69) is 4.72 Å². The van der Waals surface area contributed by atoms with Gasteiger partial charge in [-0.05, 0) is 49.6 Å². The first-order valence-corrected chi connectivity index (χ1v) is 11.7. The summed E-state index contributed by atoms with van der Waals surface area (Å²) in [5.74, 6) is -0.330. The van der Waals surface area contributed by atoms with Crippen molar-refractivity contribution in [1.82, 2.24) is 4.72 Å². The second-order valence-electron chi connectivity index (χ2n) is 8.12. The molecule has 7 nitrogen and oxygen atoms in total. The Kier molecular flexibility index (Phi) is 6.65. The van der Waals surface area contributed by atoms with Crippen molar-refractivity contribution in [3.8, 4) is 17.1 Å². The molecule has 0 aliphatic heterocycles. The molecule has 1 fully saturated rings. The van der Waals surface area contributed by atoms with E-state index in [1.165, 1.54) is 12.1 Å². The van der Waals surface area contributed by atoms with Crippen molar-refractivity contribution in [2.75, 3.05) is 6.61 Å². The molecule has 0 bridgehead atoms. The van der Waals surface area contributed by atoms with Gasteiger partial charge in [-0.3, -0.25) is 4.79 Å². The number of nitrogens with one attached hydrogen (secondary N) is 1. The van der Waals surface area contributed by atoms with Crippen LogP contribution in [0.4, 0.5) is 13.2 Å². The Balaban J connectivity index is 1.67. The zero-order valence-electron chi connectivity index (χ0n) is 17.4. The maximum atomic E-state index is 13.3. The van der Waals surface area contributed by atoms with Crippen LogP contribution in [-0.4, -0.2) is 31.8 Å². The van der Waals surface area contributed by atoms with Gasteiger partial charge in [0.2, 0.25) is 10.9 Å². The van der Waals surface area contributed by atoms with Crippen molar-refractivity contribution in [2.45, 2.75) is 37.1 Å². The van der Waals surface area contributed by atoms with Gasteiger partial charge in [-0.1, -0.05) is 17.7 Å². The molecule has 1 aromatic heterocycles. The summed E-state index contributed by atoms with van der Waals surface area (Å²) in [4.78, 5) is 12.5. The summed E-state index contributed by atoms with van der Waals surface area (Å²) in [5, 5.41) is 10.7. The molecule has 182 valence electrons. The molecule has 1 atom stereocenters. The van der Waals surface area contributed by atoms with Crippen LogP contribution < -0.4 is 14.9 Å². The van der Waals surface area contributed by atoms with Crippen molar-refractivity contribution in [1.29, 1.82) is 0 Å². The van der Waals surface area contributed by atoms with E-state index in [4.69, 9.17) is 20.8 Å². The van der Waals surface area contributed by atoms with Gasteiger partial charge in [-0.2, -0.15) is 13.2 Å². The summed E-state index contributed by atoms with van der Waals surface area (Å²) in [6.45, 7) is -0.411. The molecule has 3 aromatic rings. The first kappa shape index (κ1) is 24.5. The van der Waals surface area contributed by atoms with Gasteiger partial charge < -0.3 is 14.3 Å². The van der Waals surface area contributed by atoms with Crippen molar-refractivity contribution in [2.24, 2.45) is 0 Å². The van der Waals surface area contributed by atoms with E-state index in [-0.39, 0.29) is 39.5 Å². The summed E-state index contributed by atoms with van der Waals surface area (Å²) >= 11 is 6.12. The Morgan fingerprint density at radius 3 is 2.59 bits per heavy atom. The minimum absolute atomic E-state index is 0.0330. The highest BCUT2D eigenvalue weighted by Crippen LogP contribution is 2.41. The molecule has 34 heavy (non-hydrogen) atoms. The van der Waals surface area contributed by atoms with Gasteiger partial charge in [0, 0.05) is 11.6 Å². The van der Waals surface area contributed by atoms with E-state index in [0.717, 1.165) is 24.3 Å². The number of hydrogen-bond acceptors (Lipinski definition) is 6. The first-order valence-electron chi connectivity index (χ1n) is 10.1. The zero-order valence-corrected chi connectivity index (χ0v) is 19.0. The molecule has 0 saturated heterocycles. The highest BCUT2D eigenvalue weighted by atomic mass is 35.5. The van der Waals surface area contributed by atoms with Crippen LogP contribution in [0.15, 0.2) is 51.7 Å². The number of aliphatic hydroxyl groups excluding tert-OH is 1. The standard InChI is InChI=1S/C22H19ClF3NO6S/c23-16-3-1-2-14-17(29)9-19(33-20(14)16)15-5-4-12(22(24,25)26)8-18(15)32-11-13(28)10-21(6-7-21)27-34(30)31/h1-5,8-9,13,28,34H,6-7,10-11H2,(H,27,30,31). The highest BCUT2D eigenvalue weighted by Gasteiger charge is 2.44. The second-order valence-corrected chi connectivity index (χ2v) is 9.26. The molecule has 1 aliphatic carbocycles. The predicted octanol–water partition coefficient (Wildman–Crippen LogP) is 3.91. The fourth-order valence-corrected chi connectivity index (χ4v) is 4.61. The van der Waals surface area contributed by atoms with Gasteiger partial charge in [-0.25, -0.2) is 13.1 Å². The van der Waals surface area contributed by atoms with Gasteiger partial charge in [0.1, 0.15) is 18.1 Å². The Hall–Kier alpha value is -2.60. The third-order valence-corrected chi connectivity index (χ3v) is 6.48. The van der Waals surface area contributed by atoms with Crippen molar-refractivity contribution in [3.63, 3.8) is 0 Å². The summed E-state index contributed by atoms with van der Waals surface area (Å²) in [7, 11) is -2.86. The Morgan fingerprint density at radius 2 is 1.94 bits per heavy atom. The highest BCUT2D eigenvalue weighted by molar-refractivity contribution is 7.70. The van der Waals surface area contributed by atoms with Crippen molar-refractivity contribution < 1.29 is 35.8 Å². The van der Waals surface area contributed by atoms with Crippen LogP contribution in [0, 0.1) is 0 Å². The fraction of sp³-hybridized carbons (Fsp3) is 0.318. The minimum Gasteiger partial charge on any atom is -0.490 e. The molecule has 2 aromatic carbocycles. The number of fused-ring (bicyclic) bond motifs is 1. The molecule has 0 radical (unpaired) electrons. The quantitative estimate of drug-likeness (QED) is 0.391. The third kappa shape index (κ3) is 5.38. The first-order chi connectivity index (χ1) is 16.0. The van der Waals surface area contributed by atoms with Crippen molar-refractivity contribution >= 4 is 33.5 Å². The van der Waals surface area contributed by atoms with Gasteiger partial charge in [-0.15, -0.1) is 0 Å². The summed E-state index contributed by atoms with van der Waals surface area (Å²) in [5.41, 5.74) is -2.08. The second kappa shape index (κ2) is 9.21. The monoisotopic (exact) mass is 517 g/mol. The van der Waals surface area contributed by atoms with Crippen molar-refractivity contribution in [3.05, 3.63) is 63.3 Å². The minimum atomic E-state index is -4.66. The lowest BCUT2D eigenvalue weighted by Crippen LogP contribution is -2.35. The van der Waals surface area contributed by atoms with Gasteiger partial charge in [0.15, 0.2) is 11.0 Å². The van der Waals surface area contributed by atoms with Crippen LogP contribution in [0.1, 0.15) is 24.8 Å². The molecule has 1 heterocycles. The van der Waals surface area contributed by atoms with Crippen LogP contribution in [0.25, 0.3) is 22.3 Å². The Labute approximate surface area is 198 Å². The van der Waals surface area contributed by atoms with E-state index < -0.39 is 46.3 Å². The topological polar surface area (TPSA) is 106 Å². The molecular weight excluding hydrogens is 499 g/mol. The van der Waals surface area contributed by atoms with E-state index in [1.807, 2.05) is 0 Å². The van der Waals surface area contributed by atoms with Crippen LogP contribution in [0.5, 0.6) is 5.75 Å². The lowest BCUT2D eigenvalue weighted by molar-refractivity contribution is -0.137. The number of rotatable bonds is 8. The Bertz CT molecular complexity index is 1360. The average Bonchev–Trinajstić information content (AvgIpc) is 3.49. The van der Waals surface area contributed by atoms with E-state index in [1.54, 1.807) is 6.07 Å². The number of hydrogen-bond donors (Lipinski definition) is 3. The van der Waals surface area contributed by atoms with E-state index in [0.29, 0.717) is 12.8 Å². The molecule has 1 saturated carbocycles. The van der Waals surface area contributed by atoms with Gasteiger partial charge in [0.25, 0.3) is 0 Å². The maximum Gasteiger partial charge on any atom is 0.416 e. The number of benzene rings is 2. The molecule has 4 rings (SSSR count). The smallest absolute Gasteiger partial charge is 0.416 e. The van der Waals surface area contributed by atoms with Crippen LogP contribution in [-0.2, 0) is 17.1 Å². The number of halogens is 4. The fourth-order valence-electron chi connectivity index (χ4n) is 3.70. The molecule has 1 unspecified atom stereocenters. The lowest BCUT2D eigenvalue weighted by atomic mass is 10.1. The average molecular weight is 518 g/mol. The molecule has 2 N–H and O–H groups in total.